The van der Waals surface area contributed by atoms with Crippen LogP contribution in [0.2, 0.25) is 0 Å². The van der Waals surface area contributed by atoms with E-state index in [1.807, 2.05) is 17.5 Å². The molecule has 5 nitrogen and oxygen atoms in total. The molecule has 0 saturated heterocycles. The monoisotopic (exact) mass is 319 g/mol. The van der Waals surface area contributed by atoms with Gasteiger partial charge in [-0.15, -0.1) is 11.3 Å². The molecule has 2 N–H and O–H groups in total. The maximum Gasteiger partial charge on any atom is 0.337 e. The molecule has 0 aliphatic carbocycles. The maximum atomic E-state index is 11.3. The summed E-state index contributed by atoms with van der Waals surface area (Å²) in [5, 5.41) is 9.33. The number of anilines is 1. The predicted molar refractivity (Wildman–Crippen MR) is 89.1 cm³/mol. The van der Waals surface area contributed by atoms with E-state index in [-0.39, 0.29) is 5.97 Å². The quantitative estimate of drug-likeness (QED) is 0.393. The lowest BCUT2D eigenvalue weighted by molar-refractivity contribution is 0.0601. The van der Waals surface area contributed by atoms with E-state index < -0.39 is 0 Å². The van der Waals surface area contributed by atoms with E-state index >= 15 is 0 Å². The van der Waals surface area contributed by atoms with Crippen molar-refractivity contribution in [3.63, 3.8) is 0 Å². The number of carbonyl (C=O) groups excluding carboxylic acids is 1. The van der Waals surface area contributed by atoms with Gasteiger partial charge in [0.1, 0.15) is 0 Å². The Kier molecular flexibility index (Phi) is 5.42. The third-order valence-corrected chi connectivity index (χ3v) is 3.47. The highest BCUT2D eigenvalue weighted by Crippen LogP contribution is 2.10. The summed E-state index contributed by atoms with van der Waals surface area (Å²) in [4.78, 5) is 12.3. The largest absolute Gasteiger partial charge is 0.465 e. The minimum absolute atomic E-state index is 0.369. The van der Waals surface area contributed by atoms with E-state index in [1.54, 1.807) is 41.8 Å². The van der Waals surface area contributed by atoms with Gasteiger partial charge in [0.15, 0.2) is 5.11 Å². The number of esters is 1. The molecule has 0 radical (unpaired) electrons. The molecule has 2 aromatic rings. The second-order valence-corrected chi connectivity index (χ2v) is 5.30. The van der Waals surface area contributed by atoms with Crippen LogP contribution in [0.25, 0.3) is 0 Å². The van der Waals surface area contributed by atoms with E-state index in [9.17, 15) is 4.79 Å². The van der Waals surface area contributed by atoms with Crippen LogP contribution in [-0.4, -0.2) is 24.4 Å². The molecule has 0 atom stereocenters. The molecular formula is C14H13N3O2S2. The Morgan fingerprint density at radius 1 is 1.33 bits per heavy atom. The first-order chi connectivity index (χ1) is 10.2. The van der Waals surface area contributed by atoms with Gasteiger partial charge >= 0.3 is 5.97 Å². The smallest absolute Gasteiger partial charge is 0.337 e. The zero-order valence-corrected chi connectivity index (χ0v) is 12.8. The molecule has 7 heteroatoms. The molecular weight excluding hydrogens is 306 g/mol. The molecule has 0 spiro atoms. The highest BCUT2D eigenvalue weighted by molar-refractivity contribution is 7.80. The van der Waals surface area contributed by atoms with Crippen LogP contribution < -0.4 is 10.7 Å². The zero-order valence-electron chi connectivity index (χ0n) is 11.2. The first-order valence-electron chi connectivity index (χ1n) is 6.01. The number of rotatable bonds is 4. The maximum absolute atomic E-state index is 11.3. The number of carbonyl (C=O) groups is 1. The number of thiophene rings is 1. The molecule has 1 aromatic heterocycles. The summed E-state index contributed by atoms with van der Waals surface area (Å²) < 4.78 is 4.63. The Morgan fingerprint density at radius 3 is 2.71 bits per heavy atom. The third-order valence-electron chi connectivity index (χ3n) is 2.46. The Bertz CT molecular complexity index is 637. The number of benzene rings is 1. The van der Waals surface area contributed by atoms with Crippen LogP contribution in [-0.2, 0) is 4.74 Å². The summed E-state index contributed by atoms with van der Waals surface area (Å²) in [5.41, 5.74) is 3.96. The van der Waals surface area contributed by atoms with Crippen LogP contribution in [0.5, 0.6) is 0 Å². The van der Waals surface area contributed by atoms with Crippen molar-refractivity contribution in [2.75, 3.05) is 12.4 Å². The van der Waals surface area contributed by atoms with E-state index in [2.05, 4.69) is 20.6 Å². The van der Waals surface area contributed by atoms with Gasteiger partial charge in [0.25, 0.3) is 0 Å². The fraction of sp³-hybridized carbons (Fsp3) is 0.0714. The third kappa shape index (κ3) is 4.66. The SMILES string of the molecule is COC(=O)c1ccc(NC(=S)N/N=C/c2cccs2)cc1. The summed E-state index contributed by atoms with van der Waals surface area (Å²) in [6.07, 6.45) is 1.69. The van der Waals surface area contributed by atoms with Gasteiger partial charge in [-0.25, -0.2) is 4.79 Å². The van der Waals surface area contributed by atoms with E-state index in [0.29, 0.717) is 10.7 Å². The Hall–Kier alpha value is -2.25. The van der Waals surface area contributed by atoms with Crippen LogP contribution in [0.3, 0.4) is 0 Å². The first-order valence-corrected chi connectivity index (χ1v) is 7.30. The first kappa shape index (κ1) is 15.1. The molecule has 0 aliphatic rings. The molecule has 108 valence electrons. The number of nitrogens with one attached hydrogen (secondary N) is 2. The molecule has 0 amide bonds. The molecule has 0 aliphatic heterocycles. The van der Waals surface area contributed by atoms with Crippen molar-refractivity contribution >= 4 is 46.5 Å². The summed E-state index contributed by atoms with van der Waals surface area (Å²) in [6, 6.07) is 10.7. The van der Waals surface area contributed by atoms with Gasteiger partial charge in [-0.2, -0.15) is 5.10 Å². The Balaban J connectivity index is 1.86. The molecule has 1 aromatic carbocycles. The molecule has 0 fully saturated rings. The summed E-state index contributed by atoms with van der Waals surface area (Å²) in [6.45, 7) is 0. The summed E-state index contributed by atoms with van der Waals surface area (Å²) in [5.74, 6) is -0.372. The van der Waals surface area contributed by atoms with E-state index in [1.165, 1.54) is 7.11 Å². The van der Waals surface area contributed by atoms with Gasteiger partial charge in [0.05, 0.1) is 18.9 Å². The minimum Gasteiger partial charge on any atom is -0.465 e. The van der Waals surface area contributed by atoms with Crippen molar-refractivity contribution in [1.29, 1.82) is 0 Å². The van der Waals surface area contributed by atoms with E-state index in [4.69, 9.17) is 12.2 Å². The molecule has 21 heavy (non-hydrogen) atoms. The number of thiocarbonyl (C=S) groups is 1. The van der Waals surface area contributed by atoms with Gasteiger partial charge in [-0.1, -0.05) is 6.07 Å². The Labute approximate surface area is 131 Å². The second kappa shape index (κ2) is 7.51. The number of hydrazone groups is 1. The molecule has 0 unspecified atom stereocenters. The standard InChI is InChI=1S/C14H13N3O2S2/c1-19-13(18)10-4-6-11(7-5-10)16-14(20)17-15-9-12-3-2-8-21-12/h2-9H,1H3,(H2,16,17,20)/b15-9+. The fourth-order valence-electron chi connectivity index (χ4n) is 1.49. The van der Waals surface area contributed by atoms with Crippen LogP contribution in [0.1, 0.15) is 15.2 Å². The van der Waals surface area contributed by atoms with Crippen LogP contribution in [0, 0.1) is 0 Å². The molecule has 0 saturated carbocycles. The average molecular weight is 319 g/mol. The van der Waals surface area contributed by atoms with Crippen molar-refractivity contribution in [3.05, 3.63) is 52.2 Å². The highest BCUT2D eigenvalue weighted by atomic mass is 32.1. The van der Waals surface area contributed by atoms with Crippen molar-refractivity contribution < 1.29 is 9.53 Å². The molecule has 1 heterocycles. The van der Waals surface area contributed by atoms with Gasteiger partial charge in [-0.3, -0.25) is 5.43 Å². The highest BCUT2D eigenvalue weighted by Gasteiger charge is 2.04. The van der Waals surface area contributed by atoms with Crippen molar-refractivity contribution in [2.45, 2.75) is 0 Å². The van der Waals surface area contributed by atoms with E-state index in [0.717, 1.165) is 10.6 Å². The minimum atomic E-state index is -0.372. The van der Waals surface area contributed by atoms with Crippen LogP contribution in [0.4, 0.5) is 5.69 Å². The van der Waals surface area contributed by atoms with Gasteiger partial charge in [-0.05, 0) is 47.9 Å². The predicted octanol–water partition coefficient (Wildman–Crippen LogP) is 2.86. The van der Waals surface area contributed by atoms with Crippen molar-refractivity contribution in [2.24, 2.45) is 5.10 Å². The number of ether oxygens (including phenoxy) is 1. The number of nitrogens with zero attached hydrogens (tertiary/aromatic N) is 1. The number of hydrogen-bond donors (Lipinski definition) is 2. The van der Waals surface area contributed by atoms with Gasteiger partial charge in [0, 0.05) is 10.6 Å². The van der Waals surface area contributed by atoms with Crippen molar-refractivity contribution in [1.82, 2.24) is 5.43 Å². The second-order valence-electron chi connectivity index (χ2n) is 3.91. The summed E-state index contributed by atoms with van der Waals surface area (Å²) >= 11 is 6.70. The fourth-order valence-corrected chi connectivity index (χ4v) is 2.24. The normalized spacial score (nSPS) is 10.3. The summed E-state index contributed by atoms with van der Waals surface area (Å²) in [7, 11) is 1.35. The van der Waals surface area contributed by atoms with Crippen LogP contribution in [0.15, 0.2) is 46.9 Å². The lowest BCUT2D eigenvalue weighted by Crippen LogP contribution is -2.23. The Morgan fingerprint density at radius 2 is 2.10 bits per heavy atom. The lowest BCUT2D eigenvalue weighted by Gasteiger charge is -2.07. The number of methoxy groups -OCH3 is 1. The van der Waals surface area contributed by atoms with Crippen LogP contribution >= 0.6 is 23.6 Å². The number of hydrogen-bond acceptors (Lipinski definition) is 5. The van der Waals surface area contributed by atoms with Crippen molar-refractivity contribution in [3.8, 4) is 0 Å². The average Bonchev–Trinajstić information content (AvgIpc) is 3.00. The lowest BCUT2D eigenvalue weighted by atomic mass is 10.2. The zero-order chi connectivity index (χ0) is 15.1. The van der Waals surface area contributed by atoms with Gasteiger partial charge < -0.3 is 10.1 Å². The molecule has 2 rings (SSSR count). The topological polar surface area (TPSA) is 62.7 Å². The molecule has 0 bridgehead atoms. The van der Waals surface area contributed by atoms with Gasteiger partial charge in [0.2, 0.25) is 0 Å².